The van der Waals surface area contributed by atoms with Crippen LogP contribution < -0.4 is 5.01 Å². The van der Waals surface area contributed by atoms with Crippen molar-refractivity contribution in [2.45, 2.75) is 40.5 Å². The summed E-state index contributed by atoms with van der Waals surface area (Å²) >= 11 is 0. The Balaban J connectivity index is 0.000000550. The van der Waals surface area contributed by atoms with Gasteiger partial charge in [0.25, 0.3) is 5.91 Å². The minimum absolute atomic E-state index is 0.0129. The minimum Gasteiger partial charge on any atom is -0.295 e. The molecule has 1 aromatic rings. The predicted octanol–water partition coefficient (Wildman–Crippen LogP) is 3.42. The summed E-state index contributed by atoms with van der Waals surface area (Å²) < 4.78 is 0. The lowest BCUT2D eigenvalue weighted by molar-refractivity contribution is -0.116. The van der Waals surface area contributed by atoms with E-state index in [2.05, 4.69) is 18.9 Å². The van der Waals surface area contributed by atoms with E-state index in [-0.39, 0.29) is 11.7 Å². The largest absolute Gasteiger partial charge is 0.295 e. The summed E-state index contributed by atoms with van der Waals surface area (Å²) in [5.41, 5.74) is 2.14. The standard InChI is InChI=1S/C12H12N2O2.C3H8/c1-8-7-12(16)14(13-8)11-5-3-10(4-6-11)9(2)15;1-3-2/h3-6H,7H2,1-2H3;3H2,1-2H3. The average molecular weight is 260 g/mol. The van der Waals surface area contributed by atoms with Gasteiger partial charge in [0.1, 0.15) is 0 Å². The maximum absolute atomic E-state index is 11.5. The number of ketones is 1. The van der Waals surface area contributed by atoms with Crippen molar-refractivity contribution in [2.24, 2.45) is 5.10 Å². The van der Waals surface area contributed by atoms with Gasteiger partial charge < -0.3 is 0 Å². The van der Waals surface area contributed by atoms with Crippen LogP contribution >= 0.6 is 0 Å². The van der Waals surface area contributed by atoms with E-state index in [1.54, 1.807) is 24.3 Å². The molecule has 4 heteroatoms. The van der Waals surface area contributed by atoms with Crippen LogP contribution in [0.5, 0.6) is 0 Å². The summed E-state index contributed by atoms with van der Waals surface area (Å²) in [5.74, 6) is -0.0212. The number of rotatable bonds is 2. The molecule has 1 amide bonds. The summed E-state index contributed by atoms with van der Waals surface area (Å²) in [7, 11) is 0. The second-order valence-electron chi connectivity index (χ2n) is 4.53. The number of amides is 1. The van der Waals surface area contributed by atoms with Gasteiger partial charge >= 0.3 is 0 Å². The molecular weight excluding hydrogens is 240 g/mol. The van der Waals surface area contributed by atoms with Crippen molar-refractivity contribution >= 4 is 23.1 Å². The van der Waals surface area contributed by atoms with Crippen molar-refractivity contribution in [1.29, 1.82) is 0 Å². The number of carbonyl (C=O) groups excluding carboxylic acids is 2. The normalized spacial score (nSPS) is 13.8. The number of benzene rings is 1. The van der Waals surface area contributed by atoms with E-state index >= 15 is 0 Å². The number of anilines is 1. The number of nitrogens with zero attached hydrogens (tertiary/aromatic N) is 2. The van der Waals surface area contributed by atoms with Crippen LogP contribution in [0.3, 0.4) is 0 Å². The molecular formula is C15H20N2O2. The Morgan fingerprint density at radius 2 is 1.79 bits per heavy atom. The first-order chi connectivity index (χ1) is 8.99. The lowest BCUT2D eigenvalue weighted by atomic mass is 10.1. The van der Waals surface area contributed by atoms with Crippen LogP contribution in [0.4, 0.5) is 5.69 Å². The highest BCUT2D eigenvalue weighted by atomic mass is 16.2. The summed E-state index contributed by atoms with van der Waals surface area (Å²) in [4.78, 5) is 22.6. The Hall–Kier alpha value is -1.97. The first-order valence-corrected chi connectivity index (χ1v) is 6.47. The van der Waals surface area contributed by atoms with Crippen LogP contribution in [-0.4, -0.2) is 17.4 Å². The summed E-state index contributed by atoms with van der Waals surface area (Å²) in [5, 5.41) is 5.50. The van der Waals surface area contributed by atoms with E-state index in [1.807, 2.05) is 6.92 Å². The summed E-state index contributed by atoms with van der Waals surface area (Å²) in [6.07, 6.45) is 1.62. The van der Waals surface area contributed by atoms with E-state index in [0.717, 1.165) is 5.71 Å². The second-order valence-corrected chi connectivity index (χ2v) is 4.53. The highest BCUT2D eigenvalue weighted by Gasteiger charge is 2.22. The molecule has 4 nitrogen and oxygen atoms in total. The van der Waals surface area contributed by atoms with Gasteiger partial charge in [-0.3, -0.25) is 9.59 Å². The molecule has 2 rings (SSSR count). The molecule has 0 radical (unpaired) electrons. The first-order valence-electron chi connectivity index (χ1n) is 6.47. The SMILES string of the molecule is CC(=O)c1ccc(N2N=C(C)CC2=O)cc1.CCC. The molecule has 0 N–H and O–H groups in total. The van der Waals surface area contributed by atoms with E-state index in [4.69, 9.17) is 0 Å². The molecule has 1 aliphatic rings. The van der Waals surface area contributed by atoms with Gasteiger partial charge in [-0.1, -0.05) is 20.3 Å². The second kappa shape index (κ2) is 6.83. The number of hydrazone groups is 1. The molecule has 1 aliphatic heterocycles. The van der Waals surface area contributed by atoms with Gasteiger partial charge in [0.15, 0.2) is 5.78 Å². The molecule has 0 aliphatic carbocycles. The van der Waals surface area contributed by atoms with Gasteiger partial charge in [0, 0.05) is 11.3 Å². The molecule has 19 heavy (non-hydrogen) atoms. The summed E-state index contributed by atoms with van der Waals surface area (Å²) in [6.45, 7) is 7.58. The molecule has 102 valence electrons. The third-order valence-electron chi connectivity index (χ3n) is 2.43. The van der Waals surface area contributed by atoms with Crippen molar-refractivity contribution in [3.05, 3.63) is 29.8 Å². The lowest BCUT2D eigenvalue weighted by Crippen LogP contribution is -2.19. The quantitative estimate of drug-likeness (QED) is 0.765. The first kappa shape index (κ1) is 15.1. The highest BCUT2D eigenvalue weighted by Crippen LogP contribution is 2.20. The molecule has 0 bridgehead atoms. The predicted molar refractivity (Wildman–Crippen MR) is 77.6 cm³/mol. The van der Waals surface area contributed by atoms with Crippen LogP contribution in [0.1, 0.15) is 50.9 Å². The third-order valence-corrected chi connectivity index (χ3v) is 2.43. The molecule has 0 atom stereocenters. The van der Waals surface area contributed by atoms with Gasteiger partial charge in [-0.25, -0.2) is 5.01 Å². The maximum Gasteiger partial charge on any atom is 0.253 e. The Kier molecular flexibility index (Phi) is 5.42. The van der Waals surface area contributed by atoms with Crippen LogP contribution in [0, 0.1) is 0 Å². The van der Waals surface area contributed by atoms with Crippen molar-refractivity contribution in [2.75, 3.05) is 5.01 Å². The van der Waals surface area contributed by atoms with Gasteiger partial charge in [-0.2, -0.15) is 5.10 Å². The van der Waals surface area contributed by atoms with E-state index in [9.17, 15) is 9.59 Å². The van der Waals surface area contributed by atoms with E-state index < -0.39 is 0 Å². The topological polar surface area (TPSA) is 49.7 Å². The van der Waals surface area contributed by atoms with Gasteiger partial charge in [0.05, 0.1) is 12.1 Å². The summed E-state index contributed by atoms with van der Waals surface area (Å²) in [6, 6.07) is 6.87. The zero-order chi connectivity index (χ0) is 14.4. The molecule has 1 heterocycles. The molecule has 0 saturated carbocycles. The van der Waals surface area contributed by atoms with Crippen molar-refractivity contribution in [3.63, 3.8) is 0 Å². The fourth-order valence-electron chi connectivity index (χ4n) is 1.59. The molecule has 0 unspecified atom stereocenters. The Morgan fingerprint density at radius 1 is 1.26 bits per heavy atom. The highest BCUT2D eigenvalue weighted by molar-refractivity contribution is 6.12. The molecule has 0 fully saturated rings. The Bertz CT molecular complexity index is 489. The van der Waals surface area contributed by atoms with Crippen LogP contribution in [0.15, 0.2) is 29.4 Å². The Morgan fingerprint density at radius 3 is 2.16 bits per heavy atom. The zero-order valence-corrected chi connectivity index (χ0v) is 11.9. The third kappa shape index (κ3) is 4.02. The molecule has 0 spiro atoms. The molecule has 0 saturated heterocycles. The smallest absolute Gasteiger partial charge is 0.253 e. The zero-order valence-electron chi connectivity index (χ0n) is 11.9. The van der Waals surface area contributed by atoms with Crippen molar-refractivity contribution < 1.29 is 9.59 Å². The van der Waals surface area contributed by atoms with Gasteiger partial charge in [-0.05, 0) is 38.1 Å². The molecule has 1 aromatic carbocycles. The number of hydrogen-bond acceptors (Lipinski definition) is 3. The van der Waals surface area contributed by atoms with E-state index in [0.29, 0.717) is 17.7 Å². The minimum atomic E-state index is -0.0342. The Labute approximate surface area is 114 Å². The van der Waals surface area contributed by atoms with Crippen LogP contribution in [-0.2, 0) is 4.79 Å². The number of carbonyl (C=O) groups is 2. The average Bonchev–Trinajstić information content (AvgIpc) is 2.69. The van der Waals surface area contributed by atoms with Crippen molar-refractivity contribution in [1.82, 2.24) is 0 Å². The fourth-order valence-corrected chi connectivity index (χ4v) is 1.59. The van der Waals surface area contributed by atoms with E-state index in [1.165, 1.54) is 18.4 Å². The lowest BCUT2D eigenvalue weighted by Gasteiger charge is -2.11. The van der Waals surface area contributed by atoms with Crippen LogP contribution in [0.2, 0.25) is 0 Å². The number of Topliss-reactive ketones (excluding diaryl/α,β-unsaturated/α-hetero) is 1. The number of hydrogen-bond donors (Lipinski definition) is 0. The maximum atomic E-state index is 11.5. The monoisotopic (exact) mass is 260 g/mol. The fraction of sp³-hybridized carbons (Fsp3) is 0.400. The van der Waals surface area contributed by atoms with Crippen molar-refractivity contribution in [3.8, 4) is 0 Å². The molecule has 0 aromatic heterocycles. The van der Waals surface area contributed by atoms with Gasteiger partial charge in [0.2, 0.25) is 0 Å². The van der Waals surface area contributed by atoms with Crippen LogP contribution in [0.25, 0.3) is 0 Å². The van der Waals surface area contributed by atoms with Gasteiger partial charge in [-0.15, -0.1) is 0 Å².